The second-order valence-electron chi connectivity index (χ2n) is 5.77. The molecule has 0 radical (unpaired) electrons. The van der Waals surface area contributed by atoms with Gasteiger partial charge in [-0.05, 0) is 61.8 Å². The molecule has 1 saturated heterocycles. The minimum atomic E-state index is -0.109. The molecule has 1 N–H and O–H groups in total. The lowest BCUT2D eigenvalue weighted by Gasteiger charge is -2.15. The third-order valence-corrected chi connectivity index (χ3v) is 4.30. The van der Waals surface area contributed by atoms with Crippen LogP contribution in [0.3, 0.4) is 0 Å². The summed E-state index contributed by atoms with van der Waals surface area (Å²) in [5.74, 6) is -0.109. The number of nitrogens with one attached hydrogen (secondary N) is 1. The molecule has 0 aromatic heterocycles. The molecule has 2 aromatic carbocycles. The Morgan fingerprint density at radius 3 is 2.45 bits per heavy atom. The number of hydrogen-bond donors (Lipinski definition) is 1. The van der Waals surface area contributed by atoms with E-state index in [0.717, 1.165) is 36.4 Å². The molecule has 1 fully saturated rings. The Morgan fingerprint density at radius 2 is 1.77 bits per heavy atom. The highest BCUT2D eigenvalue weighted by Crippen LogP contribution is 2.18. The molecular formula is C18H20ClFN2. The summed E-state index contributed by atoms with van der Waals surface area (Å²) in [5.41, 5.74) is 2.71. The molecular weight excluding hydrogens is 299 g/mol. The lowest BCUT2D eigenvalue weighted by molar-refractivity contribution is 0.325. The number of benzene rings is 2. The van der Waals surface area contributed by atoms with Crippen molar-refractivity contribution in [2.75, 3.05) is 18.4 Å². The van der Waals surface area contributed by atoms with Gasteiger partial charge in [0.1, 0.15) is 5.82 Å². The van der Waals surface area contributed by atoms with E-state index in [1.54, 1.807) is 6.07 Å². The van der Waals surface area contributed by atoms with Crippen LogP contribution in [0.5, 0.6) is 0 Å². The van der Waals surface area contributed by atoms with Crippen molar-refractivity contribution < 1.29 is 4.39 Å². The molecule has 0 bridgehead atoms. The van der Waals surface area contributed by atoms with E-state index in [4.69, 9.17) is 11.6 Å². The van der Waals surface area contributed by atoms with Crippen LogP contribution in [0.1, 0.15) is 24.0 Å². The Morgan fingerprint density at radius 1 is 1.05 bits per heavy atom. The monoisotopic (exact) mass is 318 g/mol. The summed E-state index contributed by atoms with van der Waals surface area (Å²) in [4.78, 5) is 2.31. The van der Waals surface area contributed by atoms with Crippen LogP contribution in [0, 0.1) is 5.82 Å². The molecule has 0 saturated carbocycles. The fourth-order valence-electron chi connectivity index (χ4n) is 2.78. The fraction of sp³-hybridized carbons (Fsp3) is 0.333. The minimum Gasteiger partial charge on any atom is -0.381 e. The lowest BCUT2D eigenvalue weighted by atomic mass is 10.1. The second kappa shape index (κ2) is 7.12. The van der Waals surface area contributed by atoms with Gasteiger partial charge in [0.25, 0.3) is 0 Å². The summed E-state index contributed by atoms with van der Waals surface area (Å²) < 4.78 is 14.2. The summed E-state index contributed by atoms with van der Waals surface area (Å²) >= 11 is 5.86. The quantitative estimate of drug-likeness (QED) is 0.860. The molecule has 1 heterocycles. The maximum Gasteiger partial charge on any atom is 0.128 e. The van der Waals surface area contributed by atoms with Gasteiger partial charge in [-0.3, -0.25) is 4.90 Å². The van der Waals surface area contributed by atoms with Crippen molar-refractivity contribution in [2.45, 2.75) is 25.9 Å². The topological polar surface area (TPSA) is 15.3 Å². The van der Waals surface area contributed by atoms with Crippen molar-refractivity contribution >= 4 is 17.3 Å². The average molecular weight is 319 g/mol. The number of nitrogens with zero attached hydrogens (tertiary/aromatic N) is 1. The smallest absolute Gasteiger partial charge is 0.128 e. The highest BCUT2D eigenvalue weighted by molar-refractivity contribution is 6.30. The molecule has 0 aliphatic carbocycles. The first-order chi connectivity index (χ1) is 10.7. The van der Waals surface area contributed by atoms with Gasteiger partial charge in [-0.25, -0.2) is 4.39 Å². The molecule has 0 atom stereocenters. The van der Waals surface area contributed by atoms with E-state index >= 15 is 0 Å². The van der Waals surface area contributed by atoms with E-state index in [0.29, 0.717) is 11.6 Å². The van der Waals surface area contributed by atoms with E-state index < -0.39 is 0 Å². The Labute approximate surface area is 135 Å². The van der Waals surface area contributed by atoms with Crippen LogP contribution in [-0.2, 0) is 13.1 Å². The summed E-state index contributed by atoms with van der Waals surface area (Å²) in [6.45, 7) is 3.48. The van der Waals surface area contributed by atoms with Gasteiger partial charge >= 0.3 is 0 Å². The van der Waals surface area contributed by atoms with Gasteiger partial charge in [0.15, 0.2) is 0 Å². The Hall–Kier alpha value is -1.58. The van der Waals surface area contributed by atoms with E-state index in [1.165, 1.54) is 12.8 Å². The van der Waals surface area contributed by atoms with Crippen LogP contribution in [0.15, 0.2) is 42.5 Å². The second-order valence-corrected chi connectivity index (χ2v) is 6.21. The number of likely N-dealkylation sites (tertiary alicyclic amines) is 1. The highest BCUT2D eigenvalue weighted by atomic mass is 35.5. The predicted octanol–water partition coefficient (Wildman–Crippen LogP) is 4.69. The summed E-state index contributed by atoms with van der Waals surface area (Å²) in [6, 6.07) is 13.0. The molecule has 0 amide bonds. The molecule has 1 aliphatic heterocycles. The van der Waals surface area contributed by atoms with Crippen molar-refractivity contribution in [1.82, 2.24) is 4.90 Å². The van der Waals surface area contributed by atoms with Crippen molar-refractivity contribution in [1.29, 1.82) is 0 Å². The van der Waals surface area contributed by atoms with Crippen LogP contribution >= 0.6 is 11.6 Å². The van der Waals surface area contributed by atoms with Gasteiger partial charge < -0.3 is 5.32 Å². The summed E-state index contributed by atoms with van der Waals surface area (Å²) in [5, 5.41) is 3.98. The Kier molecular flexibility index (Phi) is 4.96. The predicted molar refractivity (Wildman–Crippen MR) is 89.7 cm³/mol. The van der Waals surface area contributed by atoms with Gasteiger partial charge in [0, 0.05) is 29.4 Å². The minimum absolute atomic E-state index is 0.109. The largest absolute Gasteiger partial charge is 0.381 e. The zero-order valence-electron chi connectivity index (χ0n) is 12.5. The zero-order chi connectivity index (χ0) is 15.4. The summed E-state index contributed by atoms with van der Waals surface area (Å²) in [7, 11) is 0. The molecule has 0 unspecified atom stereocenters. The maximum absolute atomic E-state index is 14.2. The van der Waals surface area contributed by atoms with Crippen LogP contribution in [0.2, 0.25) is 5.02 Å². The average Bonchev–Trinajstić information content (AvgIpc) is 3.02. The van der Waals surface area contributed by atoms with Crippen LogP contribution < -0.4 is 5.32 Å². The molecule has 2 aromatic rings. The third kappa shape index (κ3) is 3.99. The van der Waals surface area contributed by atoms with Crippen molar-refractivity contribution in [3.05, 3.63) is 64.4 Å². The molecule has 0 spiro atoms. The third-order valence-electron chi connectivity index (χ3n) is 4.05. The molecule has 3 rings (SSSR count). The molecule has 4 heteroatoms. The first-order valence-electron chi connectivity index (χ1n) is 7.70. The first-order valence-corrected chi connectivity index (χ1v) is 8.07. The standard InChI is InChI=1S/C18H20ClFN2/c19-16-5-7-17(8-6-16)21-12-14-3-4-15(18(20)11-14)13-22-9-1-2-10-22/h3-8,11,21H,1-2,9-10,12-13H2. The number of halogens is 2. The normalized spacial score (nSPS) is 15.2. The van der Waals surface area contributed by atoms with Crippen LogP contribution in [0.25, 0.3) is 0 Å². The first kappa shape index (κ1) is 15.3. The van der Waals surface area contributed by atoms with E-state index in [-0.39, 0.29) is 5.82 Å². The van der Waals surface area contributed by atoms with E-state index in [9.17, 15) is 4.39 Å². The van der Waals surface area contributed by atoms with Crippen LogP contribution in [-0.4, -0.2) is 18.0 Å². The SMILES string of the molecule is Fc1cc(CNc2ccc(Cl)cc2)ccc1CN1CCCC1. The van der Waals surface area contributed by atoms with E-state index in [1.807, 2.05) is 36.4 Å². The zero-order valence-corrected chi connectivity index (χ0v) is 13.2. The van der Waals surface area contributed by atoms with Crippen molar-refractivity contribution in [3.63, 3.8) is 0 Å². The summed E-state index contributed by atoms with van der Waals surface area (Å²) in [6.07, 6.45) is 2.45. The maximum atomic E-state index is 14.2. The molecule has 22 heavy (non-hydrogen) atoms. The van der Waals surface area contributed by atoms with Gasteiger partial charge in [0.05, 0.1) is 0 Å². The number of rotatable bonds is 5. The Bertz CT molecular complexity index is 621. The van der Waals surface area contributed by atoms with E-state index in [2.05, 4.69) is 10.2 Å². The number of hydrogen-bond acceptors (Lipinski definition) is 2. The highest BCUT2D eigenvalue weighted by Gasteiger charge is 2.14. The van der Waals surface area contributed by atoms with Crippen LogP contribution in [0.4, 0.5) is 10.1 Å². The fourth-order valence-corrected chi connectivity index (χ4v) is 2.91. The van der Waals surface area contributed by atoms with Crippen molar-refractivity contribution in [3.8, 4) is 0 Å². The van der Waals surface area contributed by atoms with Gasteiger partial charge in [-0.1, -0.05) is 23.7 Å². The lowest BCUT2D eigenvalue weighted by Crippen LogP contribution is -2.19. The molecule has 1 aliphatic rings. The molecule has 116 valence electrons. The van der Waals surface area contributed by atoms with Gasteiger partial charge in [-0.2, -0.15) is 0 Å². The van der Waals surface area contributed by atoms with Gasteiger partial charge in [-0.15, -0.1) is 0 Å². The Balaban J connectivity index is 1.60. The van der Waals surface area contributed by atoms with Gasteiger partial charge in [0.2, 0.25) is 0 Å². The van der Waals surface area contributed by atoms with Crippen molar-refractivity contribution in [2.24, 2.45) is 0 Å². The molecule has 2 nitrogen and oxygen atoms in total. The number of anilines is 1.